The van der Waals surface area contributed by atoms with Crippen LogP contribution >= 0.6 is 11.3 Å². The van der Waals surface area contributed by atoms with Crippen LogP contribution in [0, 0.1) is 6.92 Å². The molecule has 0 aliphatic heterocycles. The lowest BCUT2D eigenvalue weighted by Crippen LogP contribution is -2.42. The SMILES string of the molecule is Cc1nc([C@H]2CC[C@H](NC(O)OC(C)C)CC2)sc1-c1ccc(Nc2cnn(C)c2)cc1S(N)(=O)=O. The van der Waals surface area contributed by atoms with Gasteiger partial charge in [0.05, 0.1) is 38.5 Å². The lowest BCUT2D eigenvalue weighted by atomic mass is 9.86. The van der Waals surface area contributed by atoms with Gasteiger partial charge in [0.25, 0.3) is 0 Å². The summed E-state index contributed by atoms with van der Waals surface area (Å²) in [4.78, 5) is 5.68. The summed E-state index contributed by atoms with van der Waals surface area (Å²) >= 11 is 1.53. The Morgan fingerprint density at radius 3 is 2.56 bits per heavy atom. The number of aliphatic hydroxyl groups is 1. The monoisotopic (exact) mass is 534 g/mol. The van der Waals surface area contributed by atoms with Crippen molar-refractivity contribution in [2.75, 3.05) is 5.32 Å². The maximum atomic E-state index is 12.5. The number of hydrogen-bond donors (Lipinski definition) is 4. The highest BCUT2D eigenvalue weighted by Crippen LogP contribution is 2.41. The van der Waals surface area contributed by atoms with E-state index in [1.807, 2.05) is 33.9 Å². The minimum absolute atomic E-state index is 0.0528. The standard InChI is InChI=1S/C24H34N6O4S2/c1-14(2)34-24(31)29-17-7-5-16(6-8-17)23-27-15(3)22(35-23)20-10-9-18(11-21(20)36(25,32)33)28-19-12-26-30(4)13-19/h9-14,16-17,24,28-29,31H,5-8H2,1-4H3,(H2,25,32,33)/t16-,17-,24?. The van der Waals surface area contributed by atoms with Crippen LogP contribution < -0.4 is 15.8 Å². The number of aliphatic hydroxyl groups excluding tert-OH is 1. The van der Waals surface area contributed by atoms with E-state index in [9.17, 15) is 13.5 Å². The molecule has 1 atom stereocenters. The smallest absolute Gasteiger partial charge is 0.238 e. The molecule has 10 nitrogen and oxygen atoms in total. The minimum atomic E-state index is -3.98. The number of benzene rings is 1. The minimum Gasteiger partial charge on any atom is -0.356 e. The van der Waals surface area contributed by atoms with Gasteiger partial charge >= 0.3 is 0 Å². The van der Waals surface area contributed by atoms with Crippen molar-refractivity contribution in [2.24, 2.45) is 12.2 Å². The Balaban J connectivity index is 1.52. The van der Waals surface area contributed by atoms with Gasteiger partial charge in [0.2, 0.25) is 16.4 Å². The van der Waals surface area contributed by atoms with Gasteiger partial charge in [-0.15, -0.1) is 11.3 Å². The molecular weight excluding hydrogens is 500 g/mol. The summed E-state index contributed by atoms with van der Waals surface area (Å²) in [5.41, 5.74) is 2.69. The van der Waals surface area contributed by atoms with Crippen molar-refractivity contribution in [3.05, 3.63) is 41.3 Å². The summed E-state index contributed by atoms with van der Waals surface area (Å²) in [6.45, 7) is 5.67. The van der Waals surface area contributed by atoms with Crippen molar-refractivity contribution in [3.8, 4) is 10.4 Å². The molecule has 1 aliphatic rings. The topological polar surface area (TPSA) is 144 Å². The van der Waals surface area contributed by atoms with Crippen LogP contribution in [-0.4, -0.2) is 46.8 Å². The Kier molecular flexibility index (Phi) is 8.12. The molecule has 4 rings (SSSR count). The maximum absolute atomic E-state index is 12.5. The van der Waals surface area contributed by atoms with E-state index in [2.05, 4.69) is 15.7 Å². The van der Waals surface area contributed by atoms with Gasteiger partial charge in [0.1, 0.15) is 0 Å². The molecule has 0 amide bonds. The zero-order valence-electron chi connectivity index (χ0n) is 20.9. The van der Waals surface area contributed by atoms with E-state index >= 15 is 0 Å². The summed E-state index contributed by atoms with van der Waals surface area (Å²) in [6, 6.07) is 5.35. The molecule has 2 heterocycles. The Morgan fingerprint density at radius 1 is 1.22 bits per heavy atom. The molecule has 0 radical (unpaired) electrons. The second-order valence-corrected chi connectivity index (χ2v) is 12.1. The highest BCUT2D eigenvalue weighted by Gasteiger charge is 2.28. The molecule has 2 aromatic heterocycles. The molecule has 12 heteroatoms. The van der Waals surface area contributed by atoms with E-state index in [4.69, 9.17) is 14.9 Å². The van der Waals surface area contributed by atoms with Gasteiger partial charge in [-0.3, -0.25) is 10.00 Å². The van der Waals surface area contributed by atoms with Crippen molar-refractivity contribution < 1.29 is 18.3 Å². The van der Waals surface area contributed by atoms with Gasteiger partial charge in [0, 0.05) is 36.5 Å². The molecule has 1 saturated carbocycles. The first kappa shape index (κ1) is 26.7. The van der Waals surface area contributed by atoms with Gasteiger partial charge in [-0.1, -0.05) is 6.07 Å². The summed E-state index contributed by atoms with van der Waals surface area (Å²) in [5.74, 6) is 0.285. The van der Waals surface area contributed by atoms with E-state index in [1.165, 1.54) is 11.3 Å². The zero-order chi connectivity index (χ0) is 26.0. The highest BCUT2D eigenvalue weighted by atomic mass is 32.2. The Hall–Kier alpha value is -2.35. The normalized spacial score (nSPS) is 19.5. The average molecular weight is 535 g/mol. The molecule has 36 heavy (non-hydrogen) atoms. The summed E-state index contributed by atoms with van der Waals surface area (Å²) in [5, 5.41) is 27.0. The van der Waals surface area contributed by atoms with Gasteiger partial charge < -0.3 is 15.2 Å². The number of rotatable bonds is 9. The van der Waals surface area contributed by atoms with Crippen molar-refractivity contribution in [1.82, 2.24) is 20.1 Å². The molecule has 1 aliphatic carbocycles. The van der Waals surface area contributed by atoms with Crippen LogP contribution in [0.4, 0.5) is 11.4 Å². The van der Waals surface area contributed by atoms with E-state index in [0.717, 1.165) is 46.9 Å². The number of ether oxygens (including phenoxy) is 1. The van der Waals surface area contributed by atoms with Crippen LogP contribution in [0.25, 0.3) is 10.4 Å². The van der Waals surface area contributed by atoms with Crippen LogP contribution in [0.15, 0.2) is 35.5 Å². The molecule has 0 saturated heterocycles. The fourth-order valence-corrected chi connectivity index (χ4v) is 6.63. The molecule has 5 N–H and O–H groups in total. The first-order valence-electron chi connectivity index (χ1n) is 12.0. The van der Waals surface area contributed by atoms with E-state index in [0.29, 0.717) is 11.3 Å². The third kappa shape index (κ3) is 6.50. The van der Waals surface area contributed by atoms with Crippen molar-refractivity contribution in [3.63, 3.8) is 0 Å². The third-order valence-corrected chi connectivity index (χ3v) is 8.50. The number of nitrogens with zero attached hydrogens (tertiary/aromatic N) is 3. The number of anilines is 2. The fraction of sp³-hybridized carbons (Fsp3) is 0.500. The first-order valence-corrected chi connectivity index (χ1v) is 14.4. The van der Waals surface area contributed by atoms with Gasteiger partial charge in [0.15, 0.2) is 0 Å². The number of thiazole rings is 1. The molecule has 1 unspecified atom stereocenters. The number of hydrogen-bond acceptors (Lipinski definition) is 9. The largest absolute Gasteiger partial charge is 0.356 e. The second kappa shape index (κ2) is 11.0. The summed E-state index contributed by atoms with van der Waals surface area (Å²) in [7, 11) is -2.17. The van der Waals surface area contributed by atoms with Crippen LogP contribution in [0.3, 0.4) is 0 Å². The van der Waals surface area contributed by atoms with Crippen LogP contribution in [0.1, 0.15) is 56.2 Å². The highest BCUT2D eigenvalue weighted by molar-refractivity contribution is 7.89. The molecule has 196 valence electrons. The summed E-state index contributed by atoms with van der Waals surface area (Å²) < 4.78 is 32.1. The lowest BCUT2D eigenvalue weighted by Gasteiger charge is -2.30. The first-order chi connectivity index (χ1) is 17.0. The average Bonchev–Trinajstić information content (AvgIpc) is 3.38. The maximum Gasteiger partial charge on any atom is 0.238 e. The van der Waals surface area contributed by atoms with Crippen LogP contribution in [-0.2, 0) is 21.8 Å². The van der Waals surface area contributed by atoms with Crippen molar-refractivity contribution >= 4 is 32.7 Å². The molecule has 3 aromatic rings. The predicted molar refractivity (Wildman–Crippen MR) is 141 cm³/mol. The number of primary sulfonamides is 1. The summed E-state index contributed by atoms with van der Waals surface area (Å²) in [6.07, 6.45) is 6.08. The van der Waals surface area contributed by atoms with E-state index in [1.54, 1.807) is 29.2 Å². The van der Waals surface area contributed by atoms with Crippen LogP contribution in [0.5, 0.6) is 0 Å². The molecule has 1 fully saturated rings. The number of aromatic nitrogens is 3. The number of nitrogens with one attached hydrogen (secondary N) is 2. The Labute approximate surface area is 215 Å². The van der Waals surface area contributed by atoms with Gasteiger partial charge in [-0.25, -0.2) is 18.5 Å². The van der Waals surface area contributed by atoms with Crippen molar-refractivity contribution in [1.29, 1.82) is 0 Å². The van der Waals surface area contributed by atoms with Gasteiger partial charge in [-0.05, 0) is 58.6 Å². The predicted octanol–water partition coefficient (Wildman–Crippen LogP) is 3.56. The Bertz CT molecular complexity index is 1300. The van der Waals surface area contributed by atoms with Crippen molar-refractivity contribution in [2.45, 2.75) is 75.8 Å². The molecule has 0 spiro atoms. The lowest BCUT2D eigenvalue weighted by molar-refractivity contribution is -0.150. The fourth-order valence-electron chi connectivity index (χ4n) is 4.52. The molecule has 0 bridgehead atoms. The van der Waals surface area contributed by atoms with E-state index in [-0.39, 0.29) is 23.0 Å². The Morgan fingerprint density at radius 2 is 1.94 bits per heavy atom. The molecular formula is C24H34N6O4S2. The van der Waals surface area contributed by atoms with E-state index < -0.39 is 16.4 Å². The quantitative estimate of drug-likeness (QED) is 0.305. The second-order valence-electron chi connectivity index (χ2n) is 9.50. The number of nitrogens with two attached hydrogens (primary N) is 1. The third-order valence-electron chi connectivity index (χ3n) is 6.20. The molecule has 1 aromatic carbocycles. The van der Waals surface area contributed by atoms with Crippen LogP contribution in [0.2, 0.25) is 0 Å². The zero-order valence-corrected chi connectivity index (χ0v) is 22.6. The van der Waals surface area contributed by atoms with Gasteiger partial charge in [-0.2, -0.15) is 5.10 Å². The number of sulfonamides is 1. The number of aryl methyl sites for hydroxylation is 2.